The Bertz CT molecular complexity index is 255. The van der Waals surface area contributed by atoms with Crippen LogP contribution in [0.25, 0.3) is 0 Å². The van der Waals surface area contributed by atoms with Crippen molar-refractivity contribution in [1.29, 1.82) is 0 Å². The maximum Gasteiger partial charge on any atom is 0.149 e. The van der Waals surface area contributed by atoms with Crippen LogP contribution in [0.3, 0.4) is 0 Å². The van der Waals surface area contributed by atoms with Gasteiger partial charge in [0.1, 0.15) is 5.78 Å². The van der Waals surface area contributed by atoms with E-state index in [1.807, 2.05) is 13.8 Å². The van der Waals surface area contributed by atoms with Gasteiger partial charge in [-0.15, -0.1) is 0 Å². The fraction of sp³-hybridized carbons (Fsp3) is 0.923. The van der Waals surface area contributed by atoms with E-state index in [1.54, 1.807) is 0 Å². The molecular formula is C13H25NO2. The lowest BCUT2D eigenvalue weighted by molar-refractivity contribution is -0.187. The molecule has 3 nitrogen and oxygen atoms in total. The number of carbonyl (C=O) groups excluding carboxylic acids is 1. The Labute approximate surface area is 99.1 Å². The lowest BCUT2D eigenvalue weighted by Gasteiger charge is -2.48. The Balaban J connectivity index is 2.78. The molecule has 0 spiro atoms. The molecule has 16 heavy (non-hydrogen) atoms. The normalized spacial score (nSPS) is 26.4. The maximum atomic E-state index is 11.8. The van der Waals surface area contributed by atoms with Gasteiger partial charge in [-0.1, -0.05) is 6.92 Å². The zero-order valence-electron chi connectivity index (χ0n) is 11.5. The van der Waals surface area contributed by atoms with Gasteiger partial charge < -0.3 is 4.74 Å². The van der Waals surface area contributed by atoms with Crippen molar-refractivity contribution in [2.75, 3.05) is 13.1 Å². The molecule has 0 N–H and O–H groups in total. The molecule has 1 rings (SSSR count). The summed E-state index contributed by atoms with van der Waals surface area (Å²) in [4.78, 5) is 14.0. The van der Waals surface area contributed by atoms with Crippen LogP contribution in [0.4, 0.5) is 0 Å². The molecule has 1 unspecified atom stereocenters. The molecule has 1 saturated heterocycles. The SMILES string of the molecule is CCC(=O)C(C)N1CC(C)(C)OC(C)(C)C1. The molecule has 0 radical (unpaired) electrons. The zero-order chi connectivity index (χ0) is 12.6. The minimum Gasteiger partial charge on any atom is -0.367 e. The predicted molar refractivity (Wildman–Crippen MR) is 65.6 cm³/mol. The highest BCUT2D eigenvalue weighted by Crippen LogP contribution is 2.29. The number of Topliss-reactive ketones (excluding diaryl/α,β-unsaturated/α-hetero) is 1. The van der Waals surface area contributed by atoms with Crippen LogP contribution in [0.1, 0.15) is 48.0 Å². The quantitative estimate of drug-likeness (QED) is 0.740. The Morgan fingerprint density at radius 1 is 1.25 bits per heavy atom. The van der Waals surface area contributed by atoms with Gasteiger partial charge in [0.15, 0.2) is 0 Å². The molecule has 94 valence electrons. The summed E-state index contributed by atoms with van der Waals surface area (Å²) in [5.74, 6) is 0.313. The molecule has 0 aliphatic carbocycles. The minimum atomic E-state index is -0.177. The molecule has 0 amide bonds. The van der Waals surface area contributed by atoms with E-state index in [0.717, 1.165) is 13.1 Å². The van der Waals surface area contributed by atoms with Crippen LogP contribution in [0, 0.1) is 0 Å². The second kappa shape index (κ2) is 4.46. The van der Waals surface area contributed by atoms with Crippen molar-refractivity contribution in [3.63, 3.8) is 0 Å². The number of morpholine rings is 1. The number of nitrogens with zero attached hydrogens (tertiary/aromatic N) is 1. The summed E-state index contributed by atoms with van der Waals surface area (Å²) in [5, 5.41) is 0. The molecule has 1 aliphatic heterocycles. The number of hydrogen-bond donors (Lipinski definition) is 0. The van der Waals surface area contributed by atoms with Gasteiger partial charge in [0.25, 0.3) is 0 Å². The van der Waals surface area contributed by atoms with Crippen molar-refractivity contribution in [2.45, 2.75) is 65.2 Å². The first kappa shape index (κ1) is 13.7. The molecule has 0 saturated carbocycles. The highest BCUT2D eigenvalue weighted by Gasteiger charge is 2.40. The van der Waals surface area contributed by atoms with Crippen LogP contribution in [0.15, 0.2) is 0 Å². The van der Waals surface area contributed by atoms with Crippen molar-refractivity contribution < 1.29 is 9.53 Å². The van der Waals surface area contributed by atoms with E-state index in [2.05, 4.69) is 32.6 Å². The topological polar surface area (TPSA) is 29.5 Å². The summed E-state index contributed by atoms with van der Waals surface area (Å²) in [6, 6.07) is 0.00690. The summed E-state index contributed by atoms with van der Waals surface area (Å²) in [6.07, 6.45) is 0.610. The molecule has 0 aromatic heterocycles. The van der Waals surface area contributed by atoms with Crippen LogP contribution in [-0.4, -0.2) is 41.0 Å². The third-order valence-corrected chi connectivity index (χ3v) is 3.08. The second-order valence-corrected chi connectivity index (χ2v) is 6.02. The van der Waals surface area contributed by atoms with Crippen LogP contribution < -0.4 is 0 Å². The third-order valence-electron chi connectivity index (χ3n) is 3.08. The van der Waals surface area contributed by atoms with Crippen molar-refractivity contribution in [3.05, 3.63) is 0 Å². The summed E-state index contributed by atoms with van der Waals surface area (Å²) in [6.45, 7) is 13.9. The first-order chi connectivity index (χ1) is 7.17. The fourth-order valence-corrected chi connectivity index (χ4v) is 2.62. The molecule has 0 aromatic rings. The number of ether oxygens (including phenoxy) is 1. The number of carbonyl (C=O) groups is 1. The van der Waals surface area contributed by atoms with Crippen LogP contribution in [0.2, 0.25) is 0 Å². The van der Waals surface area contributed by atoms with Crippen LogP contribution >= 0.6 is 0 Å². The molecule has 1 heterocycles. The van der Waals surface area contributed by atoms with Crippen LogP contribution in [-0.2, 0) is 9.53 Å². The Hall–Kier alpha value is -0.410. The average molecular weight is 227 g/mol. The summed E-state index contributed by atoms with van der Waals surface area (Å²) in [5.41, 5.74) is -0.353. The smallest absolute Gasteiger partial charge is 0.149 e. The first-order valence-corrected chi connectivity index (χ1v) is 6.14. The summed E-state index contributed by atoms with van der Waals surface area (Å²) >= 11 is 0. The van der Waals surface area contributed by atoms with Gasteiger partial charge >= 0.3 is 0 Å². The Morgan fingerprint density at radius 3 is 2.06 bits per heavy atom. The van der Waals surface area contributed by atoms with Gasteiger partial charge in [-0.25, -0.2) is 0 Å². The molecule has 1 fully saturated rings. The second-order valence-electron chi connectivity index (χ2n) is 6.02. The van der Waals surface area contributed by atoms with E-state index in [-0.39, 0.29) is 17.2 Å². The zero-order valence-corrected chi connectivity index (χ0v) is 11.5. The number of ketones is 1. The molecule has 0 bridgehead atoms. The van der Waals surface area contributed by atoms with Gasteiger partial charge in [0.05, 0.1) is 17.2 Å². The van der Waals surface area contributed by atoms with E-state index < -0.39 is 0 Å². The van der Waals surface area contributed by atoms with Gasteiger partial charge in [-0.2, -0.15) is 0 Å². The van der Waals surface area contributed by atoms with E-state index in [4.69, 9.17) is 4.74 Å². The van der Waals surface area contributed by atoms with E-state index in [9.17, 15) is 4.79 Å². The summed E-state index contributed by atoms with van der Waals surface area (Å²) in [7, 11) is 0. The van der Waals surface area contributed by atoms with Crippen molar-refractivity contribution >= 4 is 5.78 Å². The molecule has 1 aliphatic rings. The van der Waals surface area contributed by atoms with E-state index >= 15 is 0 Å². The first-order valence-electron chi connectivity index (χ1n) is 6.14. The number of hydrogen-bond acceptors (Lipinski definition) is 3. The molecule has 3 heteroatoms. The van der Waals surface area contributed by atoms with Gasteiger partial charge in [0.2, 0.25) is 0 Å². The molecular weight excluding hydrogens is 202 g/mol. The molecule has 0 aromatic carbocycles. The highest BCUT2D eigenvalue weighted by molar-refractivity contribution is 5.83. The fourth-order valence-electron chi connectivity index (χ4n) is 2.62. The maximum absolute atomic E-state index is 11.8. The van der Waals surface area contributed by atoms with Gasteiger partial charge in [-0.05, 0) is 34.6 Å². The van der Waals surface area contributed by atoms with Crippen molar-refractivity contribution in [3.8, 4) is 0 Å². The Kier molecular flexibility index (Phi) is 3.80. The predicted octanol–water partition coefficient (Wildman–Crippen LogP) is 2.24. The molecule has 1 atom stereocenters. The Morgan fingerprint density at radius 2 is 1.69 bits per heavy atom. The van der Waals surface area contributed by atoms with Gasteiger partial charge in [0, 0.05) is 19.5 Å². The van der Waals surface area contributed by atoms with E-state index in [1.165, 1.54) is 0 Å². The van der Waals surface area contributed by atoms with Crippen molar-refractivity contribution in [1.82, 2.24) is 4.90 Å². The minimum absolute atomic E-state index is 0.00690. The van der Waals surface area contributed by atoms with Crippen molar-refractivity contribution in [2.24, 2.45) is 0 Å². The number of rotatable bonds is 3. The average Bonchev–Trinajstić information content (AvgIpc) is 2.10. The van der Waals surface area contributed by atoms with E-state index in [0.29, 0.717) is 12.2 Å². The standard InChI is InChI=1S/C13H25NO2/c1-7-11(15)10(2)14-8-12(3,4)16-13(5,6)9-14/h10H,7-9H2,1-6H3. The monoisotopic (exact) mass is 227 g/mol. The lowest BCUT2D eigenvalue weighted by Crippen LogP contribution is -2.60. The summed E-state index contributed by atoms with van der Waals surface area (Å²) < 4.78 is 6.00. The van der Waals surface area contributed by atoms with Gasteiger partial charge in [-0.3, -0.25) is 9.69 Å². The third kappa shape index (κ3) is 3.29. The largest absolute Gasteiger partial charge is 0.367 e. The highest BCUT2D eigenvalue weighted by atomic mass is 16.5. The lowest BCUT2D eigenvalue weighted by atomic mass is 9.96. The van der Waals surface area contributed by atoms with Crippen LogP contribution in [0.5, 0.6) is 0 Å².